The van der Waals surface area contributed by atoms with Crippen LogP contribution in [0.25, 0.3) is 0 Å². The minimum atomic E-state index is -0.208. The van der Waals surface area contributed by atoms with Gasteiger partial charge in [0, 0.05) is 6.54 Å². The molecule has 1 fully saturated rings. The molecule has 2 unspecified atom stereocenters. The van der Waals surface area contributed by atoms with Crippen LogP contribution in [0.1, 0.15) is 12.5 Å². The van der Waals surface area contributed by atoms with Crippen molar-refractivity contribution in [3.05, 3.63) is 35.9 Å². The van der Waals surface area contributed by atoms with Crippen molar-refractivity contribution < 1.29 is 9.53 Å². The Hall–Kier alpha value is -1.35. The number of carbonyl (C=O) groups excluding carboxylic acids is 1. The van der Waals surface area contributed by atoms with Gasteiger partial charge in [-0.1, -0.05) is 30.3 Å². The molecule has 1 amide bonds. The van der Waals surface area contributed by atoms with E-state index >= 15 is 0 Å². The molecule has 0 spiro atoms. The van der Waals surface area contributed by atoms with E-state index in [9.17, 15) is 4.79 Å². The molecule has 0 bridgehead atoms. The Balaban J connectivity index is 1.69. The highest BCUT2D eigenvalue weighted by atomic mass is 16.6. The maximum absolute atomic E-state index is 11.4. The molecule has 1 aromatic carbocycles. The van der Waals surface area contributed by atoms with E-state index in [0.717, 1.165) is 6.42 Å². The molecule has 80 valence electrons. The number of rotatable bonds is 4. The lowest BCUT2D eigenvalue weighted by atomic mass is 10.1. The van der Waals surface area contributed by atoms with Gasteiger partial charge in [-0.25, -0.2) is 0 Å². The van der Waals surface area contributed by atoms with Crippen molar-refractivity contribution in [2.75, 3.05) is 6.54 Å². The van der Waals surface area contributed by atoms with Crippen LogP contribution >= 0.6 is 0 Å². The summed E-state index contributed by atoms with van der Waals surface area (Å²) in [6.45, 7) is 2.58. The number of ether oxygens (including phenoxy) is 1. The summed E-state index contributed by atoms with van der Waals surface area (Å²) in [6, 6.07) is 10.1. The van der Waals surface area contributed by atoms with Crippen LogP contribution in [-0.4, -0.2) is 24.7 Å². The molecule has 0 saturated carbocycles. The summed E-state index contributed by atoms with van der Waals surface area (Å²) in [5, 5.41) is 2.86. The highest BCUT2D eigenvalue weighted by Crippen LogP contribution is 2.20. The van der Waals surface area contributed by atoms with E-state index < -0.39 is 0 Å². The Morgan fingerprint density at radius 2 is 2.07 bits per heavy atom. The van der Waals surface area contributed by atoms with E-state index in [2.05, 4.69) is 17.4 Å². The molecule has 15 heavy (non-hydrogen) atoms. The third-order valence-electron chi connectivity index (χ3n) is 2.53. The van der Waals surface area contributed by atoms with Gasteiger partial charge in [-0.15, -0.1) is 0 Å². The zero-order chi connectivity index (χ0) is 10.7. The maximum Gasteiger partial charge on any atom is 0.251 e. The zero-order valence-corrected chi connectivity index (χ0v) is 8.77. The number of nitrogens with one attached hydrogen (secondary N) is 1. The van der Waals surface area contributed by atoms with Crippen molar-refractivity contribution in [1.82, 2.24) is 5.32 Å². The van der Waals surface area contributed by atoms with Gasteiger partial charge < -0.3 is 10.1 Å². The molecule has 1 N–H and O–H groups in total. The molecule has 0 aliphatic carbocycles. The average Bonchev–Trinajstić information content (AvgIpc) is 2.97. The van der Waals surface area contributed by atoms with Crippen molar-refractivity contribution in [3.8, 4) is 0 Å². The first-order chi connectivity index (χ1) is 7.27. The molecule has 3 heteroatoms. The fourth-order valence-corrected chi connectivity index (χ4v) is 1.54. The molecule has 0 aromatic heterocycles. The van der Waals surface area contributed by atoms with Crippen LogP contribution in [0.5, 0.6) is 0 Å². The van der Waals surface area contributed by atoms with Gasteiger partial charge in [0.05, 0.1) is 6.10 Å². The second-order valence-corrected chi connectivity index (χ2v) is 3.79. The molecule has 1 heterocycles. The minimum Gasteiger partial charge on any atom is -0.359 e. The molecule has 2 rings (SSSR count). The summed E-state index contributed by atoms with van der Waals surface area (Å²) >= 11 is 0. The van der Waals surface area contributed by atoms with E-state index in [-0.39, 0.29) is 18.1 Å². The van der Waals surface area contributed by atoms with Crippen LogP contribution in [0, 0.1) is 0 Å². The van der Waals surface area contributed by atoms with Crippen LogP contribution in [0.15, 0.2) is 30.3 Å². The highest BCUT2D eigenvalue weighted by Gasteiger charge is 2.40. The first kappa shape index (κ1) is 10.2. The van der Waals surface area contributed by atoms with Gasteiger partial charge >= 0.3 is 0 Å². The van der Waals surface area contributed by atoms with E-state index in [4.69, 9.17) is 4.74 Å². The summed E-state index contributed by atoms with van der Waals surface area (Å²) < 4.78 is 5.07. The van der Waals surface area contributed by atoms with Gasteiger partial charge in [0.1, 0.15) is 0 Å². The Morgan fingerprint density at radius 3 is 2.67 bits per heavy atom. The largest absolute Gasteiger partial charge is 0.359 e. The normalized spacial score (nSPS) is 23.5. The van der Waals surface area contributed by atoms with Gasteiger partial charge in [-0.3, -0.25) is 4.79 Å². The Morgan fingerprint density at radius 1 is 1.40 bits per heavy atom. The summed E-state index contributed by atoms with van der Waals surface area (Å²) in [5.74, 6) is 0.0124. The Labute approximate surface area is 89.4 Å². The van der Waals surface area contributed by atoms with Crippen molar-refractivity contribution in [2.24, 2.45) is 0 Å². The molecule has 1 aliphatic heterocycles. The number of amides is 1. The highest BCUT2D eigenvalue weighted by molar-refractivity contribution is 5.83. The number of hydrogen-bond donors (Lipinski definition) is 1. The first-order valence-electron chi connectivity index (χ1n) is 5.24. The Bertz CT molecular complexity index is 337. The van der Waals surface area contributed by atoms with Crippen molar-refractivity contribution in [3.63, 3.8) is 0 Å². The topological polar surface area (TPSA) is 41.6 Å². The molecule has 0 radical (unpaired) electrons. The van der Waals surface area contributed by atoms with Gasteiger partial charge in [-0.2, -0.15) is 0 Å². The molecular formula is C12H15NO2. The summed E-state index contributed by atoms with van der Waals surface area (Å²) in [5.41, 5.74) is 1.24. The van der Waals surface area contributed by atoms with E-state index in [1.165, 1.54) is 5.56 Å². The first-order valence-corrected chi connectivity index (χ1v) is 5.24. The lowest BCUT2D eigenvalue weighted by molar-refractivity contribution is -0.122. The number of carbonyl (C=O) groups is 1. The standard InChI is InChI=1S/C12H15NO2/c1-9-11(15-9)12(14)13-8-7-10-5-3-2-4-6-10/h2-6,9,11H,7-8H2,1H3,(H,13,14). The molecule has 3 nitrogen and oxygen atoms in total. The summed E-state index contributed by atoms with van der Waals surface area (Å²) in [6.07, 6.45) is 0.760. The smallest absolute Gasteiger partial charge is 0.251 e. The number of benzene rings is 1. The number of hydrogen-bond acceptors (Lipinski definition) is 2. The van der Waals surface area contributed by atoms with Gasteiger partial charge in [0.25, 0.3) is 5.91 Å². The maximum atomic E-state index is 11.4. The molecule has 2 atom stereocenters. The minimum absolute atomic E-state index is 0.0124. The lowest BCUT2D eigenvalue weighted by Crippen LogP contribution is -2.30. The van der Waals surface area contributed by atoms with Gasteiger partial charge in [0.15, 0.2) is 6.10 Å². The molecule has 1 aromatic rings. The third kappa shape index (κ3) is 2.80. The van der Waals surface area contributed by atoms with Crippen molar-refractivity contribution in [1.29, 1.82) is 0 Å². The predicted octanol–water partition coefficient (Wildman–Crippen LogP) is 1.13. The third-order valence-corrected chi connectivity index (χ3v) is 2.53. The van der Waals surface area contributed by atoms with E-state index in [1.54, 1.807) is 0 Å². The van der Waals surface area contributed by atoms with E-state index in [1.807, 2.05) is 25.1 Å². The second kappa shape index (κ2) is 4.45. The molecule has 1 saturated heterocycles. The number of epoxide rings is 1. The molecule has 1 aliphatic rings. The van der Waals surface area contributed by atoms with Gasteiger partial charge in [-0.05, 0) is 18.9 Å². The fourth-order valence-electron chi connectivity index (χ4n) is 1.54. The van der Waals surface area contributed by atoms with Crippen LogP contribution in [0.2, 0.25) is 0 Å². The van der Waals surface area contributed by atoms with Gasteiger partial charge in [0.2, 0.25) is 0 Å². The lowest BCUT2D eigenvalue weighted by Gasteiger charge is -2.02. The Kier molecular flexibility index (Phi) is 3.02. The van der Waals surface area contributed by atoms with Crippen LogP contribution in [0.4, 0.5) is 0 Å². The summed E-state index contributed by atoms with van der Waals surface area (Å²) in [4.78, 5) is 11.4. The van der Waals surface area contributed by atoms with Crippen molar-refractivity contribution >= 4 is 5.91 Å². The summed E-state index contributed by atoms with van der Waals surface area (Å²) in [7, 11) is 0. The monoisotopic (exact) mass is 205 g/mol. The average molecular weight is 205 g/mol. The predicted molar refractivity (Wildman–Crippen MR) is 57.5 cm³/mol. The zero-order valence-electron chi connectivity index (χ0n) is 8.77. The second-order valence-electron chi connectivity index (χ2n) is 3.79. The van der Waals surface area contributed by atoms with Crippen LogP contribution in [-0.2, 0) is 16.0 Å². The SMILES string of the molecule is CC1OC1C(=O)NCCc1ccccc1. The van der Waals surface area contributed by atoms with Crippen LogP contribution in [0.3, 0.4) is 0 Å². The quantitative estimate of drug-likeness (QED) is 0.749. The van der Waals surface area contributed by atoms with Crippen LogP contribution < -0.4 is 5.32 Å². The molecular weight excluding hydrogens is 190 g/mol. The van der Waals surface area contributed by atoms with E-state index in [0.29, 0.717) is 6.54 Å². The van der Waals surface area contributed by atoms with Crippen molar-refractivity contribution in [2.45, 2.75) is 25.6 Å². The fraction of sp³-hybridized carbons (Fsp3) is 0.417.